The number of hydrogen-bond donors (Lipinski definition) is 3. The second kappa shape index (κ2) is 6.86. The topological polar surface area (TPSA) is 98.7 Å². The zero-order valence-electron chi connectivity index (χ0n) is 13.6. The largest absolute Gasteiger partial charge is 0.481 e. The number of hydrogen-bond acceptors (Lipinski definition) is 3. The van der Waals surface area contributed by atoms with Gasteiger partial charge in [-0.05, 0) is 38.5 Å². The first kappa shape index (κ1) is 17.7. The standard InChI is InChI=1S/C16H20FN3O4/c1-16(2,14(22)23)5-6-18-13(21)11-9-10(3-4-12(11)17)20-8-7-19-15(20)24/h3-4,9H,5-8H2,1-2H3,(H,18,21)(H,19,24)(H,22,23). The summed E-state index contributed by atoms with van der Waals surface area (Å²) in [5.41, 5.74) is -0.732. The van der Waals surface area contributed by atoms with Crippen molar-refractivity contribution in [2.24, 2.45) is 5.41 Å². The molecule has 0 radical (unpaired) electrons. The lowest BCUT2D eigenvalue weighted by Gasteiger charge is -2.19. The fourth-order valence-corrected chi connectivity index (χ4v) is 2.26. The van der Waals surface area contributed by atoms with Crippen LogP contribution in [0.3, 0.4) is 0 Å². The molecule has 1 heterocycles. The maximum atomic E-state index is 13.9. The van der Waals surface area contributed by atoms with Crippen LogP contribution in [0.2, 0.25) is 0 Å². The number of carbonyl (C=O) groups excluding carboxylic acids is 2. The Hall–Kier alpha value is -2.64. The van der Waals surface area contributed by atoms with Crippen LogP contribution < -0.4 is 15.5 Å². The molecule has 3 N–H and O–H groups in total. The highest BCUT2D eigenvalue weighted by atomic mass is 19.1. The molecule has 0 aromatic heterocycles. The SMILES string of the molecule is CC(C)(CCNC(=O)c1cc(N2CCNC2=O)ccc1F)C(=O)O. The fourth-order valence-electron chi connectivity index (χ4n) is 2.26. The van der Waals surface area contributed by atoms with Crippen LogP contribution >= 0.6 is 0 Å². The quantitative estimate of drug-likeness (QED) is 0.734. The Balaban J connectivity index is 2.06. The van der Waals surface area contributed by atoms with Gasteiger partial charge in [0.1, 0.15) is 5.82 Å². The zero-order valence-corrected chi connectivity index (χ0v) is 13.6. The van der Waals surface area contributed by atoms with Crippen LogP contribution in [0, 0.1) is 11.2 Å². The molecule has 0 aliphatic carbocycles. The van der Waals surface area contributed by atoms with E-state index in [0.717, 1.165) is 6.07 Å². The number of urea groups is 1. The third-order valence-corrected chi connectivity index (χ3v) is 3.98. The normalized spacial score (nSPS) is 14.5. The Bertz CT molecular complexity index is 675. The van der Waals surface area contributed by atoms with Crippen molar-refractivity contribution in [2.45, 2.75) is 20.3 Å². The van der Waals surface area contributed by atoms with Gasteiger partial charge in [0.25, 0.3) is 5.91 Å². The van der Waals surface area contributed by atoms with Crippen molar-refractivity contribution in [3.63, 3.8) is 0 Å². The summed E-state index contributed by atoms with van der Waals surface area (Å²) in [6.07, 6.45) is 0.212. The van der Waals surface area contributed by atoms with Crippen molar-refractivity contribution >= 4 is 23.6 Å². The molecule has 0 unspecified atom stereocenters. The van der Waals surface area contributed by atoms with E-state index in [1.807, 2.05) is 0 Å². The van der Waals surface area contributed by atoms with E-state index in [9.17, 15) is 18.8 Å². The summed E-state index contributed by atoms with van der Waals surface area (Å²) in [4.78, 5) is 36.3. The molecule has 1 aromatic carbocycles. The minimum atomic E-state index is -0.985. The maximum absolute atomic E-state index is 13.9. The highest BCUT2D eigenvalue weighted by Gasteiger charge is 2.27. The van der Waals surface area contributed by atoms with E-state index in [-0.39, 0.29) is 24.6 Å². The van der Waals surface area contributed by atoms with Gasteiger partial charge >= 0.3 is 12.0 Å². The number of halogens is 1. The van der Waals surface area contributed by atoms with Gasteiger partial charge in [0.15, 0.2) is 0 Å². The lowest BCUT2D eigenvalue weighted by molar-refractivity contribution is -0.147. The molecular formula is C16H20FN3O4. The van der Waals surface area contributed by atoms with Crippen LogP contribution in [-0.4, -0.2) is 42.6 Å². The van der Waals surface area contributed by atoms with Gasteiger partial charge in [0.05, 0.1) is 11.0 Å². The third kappa shape index (κ3) is 3.81. The van der Waals surface area contributed by atoms with Crippen molar-refractivity contribution in [1.29, 1.82) is 0 Å². The molecule has 0 saturated carbocycles. The molecule has 1 fully saturated rings. The van der Waals surface area contributed by atoms with Crippen molar-refractivity contribution in [1.82, 2.24) is 10.6 Å². The minimum absolute atomic E-state index is 0.103. The van der Waals surface area contributed by atoms with Gasteiger partial charge in [-0.1, -0.05) is 0 Å². The van der Waals surface area contributed by atoms with Crippen LogP contribution in [0.25, 0.3) is 0 Å². The number of aliphatic carboxylic acids is 1. The van der Waals surface area contributed by atoms with Gasteiger partial charge in [-0.15, -0.1) is 0 Å². The van der Waals surface area contributed by atoms with Gasteiger partial charge in [0, 0.05) is 25.3 Å². The number of anilines is 1. The number of nitrogens with one attached hydrogen (secondary N) is 2. The Morgan fingerprint density at radius 2 is 2.12 bits per heavy atom. The molecule has 1 aliphatic heterocycles. The Morgan fingerprint density at radius 1 is 1.42 bits per heavy atom. The predicted molar refractivity (Wildman–Crippen MR) is 85.5 cm³/mol. The first-order valence-corrected chi connectivity index (χ1v) is 7.59. The number of amides is 3. The molecule has 0 bridgehead atoms. The molecule has 0 spiro atoms. The number of carbonyl (C=O) groups is 3. The molecule has 3 amide bonds. The highest BCUT2D eigenvalue weighted by molar-refractivity contribution is 5.98. The van der Waals surface area contributed by atoms with Crippen molar-refractivity contribution < 1.29 is 23.9 Å². The number of rotatable bonds is 6. The summed E-state index contributed by atoms with van der Waals surface area (Å²) in [5.74, 6) is -2.31. The Labute approximate surface area is 138 Å². The maximum Gasteiger partial charge on any atom is 0.321 e. The molecule has 8 heteroatoms. The molecule has 1 saturated heterocycles. The number of nitrogens with zero attached hydrogens (tertiary/aromatic N) is 1. The van der Waals surface area contributed by atoms with Gasteiger partial charge in [-0.2, -0.15) is 0 Å². The molecule has 130 valence electrons. The lowest BCUT2D eigenvalue weighted by Crippen LogP contribution is -2.32. The van der Waals surface area contributed by atoms with Crippen LogP contribution in [0.15, 0.2) is 18.2 Å². The first-order chi connectivity index (χ1) is 11.2. The summed E-state index contributed by atoms with van der Waals surface area (Å²) in [6.45, 7) is 4.13. The molecule has 24 heavy (non-hydrogen) atoms. The average molecular weight is 337 g/mol. The van der Waals surface area contributed by atoms with Gasteiger partial charge < -0.3 is 15.7 Å². The number of carboxylic acids is 1. The van der Waals surface area contributed by atoms with E-state index in [0.29, 0.717) is 18.8 Å². The zero-order chi connectivity index (χ0) is 17.9. The van der Waals surface area contributed by atoms with Crippen LogP contribution in [0.5, 0.6) is 0 Å². The van der Waals surface area contributed by atoms with E-state index >= 15 is 0 Å². The van der Waals surface area contributed by atoms with E-state index < -0.39 is 23.1 Å². The van der Waals surface area contributed by atoms with Crippen molar-refractivity contribution in [3.05, 3.63) is 29.6 Å². The Kier molecular flexibility index (Phi) is 5.06. The second-order valence-electron chi connectivity index (χ2n) is 6.24. The summed E-state index contributed by atoms with van der Waals surface area (Å²) < 4.78 is 13.9. The van der Waals surface area contributed by atoms with E-state index in [2.05, 4.69) is 10.6 Å². The summed E-state index contributed by atoms with van der Waals surface area (Å²) >= 11 is 0. The monoisotopic (exact) mass is 337 g/mol. The summed E-state index contributed by atoms with van der Waals surface area (Å²) in [5, 5.41) is 14.2. The predicted octanol–water partition coefficient (Wildman–Crippen LogP) is 1.59. The fraction of sp³-hybridized carbons (Fsp3) is 0.438. The lowest BCUT2D eigenvalue weighted by atomic mass is 9.90. The highest BCUT2D eigenvalue weighted by Crippen LogP contribution is 2.22. The molecule has 0 atom stereocenters. The van der Waals surface area contributed by atoms with E-state index in [1.165, 1.54) is 17.0 Å². The summed E-state index contributed by atoms with van der Waals surface area (Å²) in [6, 6.07) is 3.59. The third-order valence-electron chi connectivity index (χ3n) is 3.98. The Morgan fingerprint density at radius 3 is 2.71 bits per heavy atom. The van der Waals surface area contributed by atoms with Gasteiger partial charge in [-0.3, -0.25) is 14.5 Å². The number of carboxylic acid groups (broad SMARTS) is 1. The van der Waals surface area contributed by atoms with Gasteiger partial charge in [-0.25, -0.2) is 9.18 Å². The average Bonchev–Trinajstić information content (AvgIpc) is 2.93. The smallest absolute Gasteiger partial charge is 0.321 e. The number of benzene rings is 1. The molecular weight excluding hydrogens is 317 g/mol. The van der Waals surface area contributed by atoms with Crippen LogP contribution in [0.1, 0.15) is 30.6 Å². The molecule has 1 aliphatic rings. The molecule has 2 rings (SSSR count). The first-order valence-electron chi connectivity index (χ1n) is 7.59. The van der Waals surface area contributed by atoms with Crippen molar-refractivity contribution in [3.8, 4) is 0 Å². The minimum Gasteiger partial charge on any atom is -0.481 e. The summed E-state index contributed by atoms with van der Waals surface area (Å²) in [7, 11) is 0. The van der Waals surface area contributed by atoms with Crippen molar-refractivity contribution in [2.75, 3.05) is 24.5 Å². The molecule has 7 nitrogen and oxygen atoms in total. The van der Waals surface area contributed by atoms with Gasteiger partial charge in [0.2, 0.25) is 0 Å². The van der Waals surface area contributed by atoms with Crippen LogP contribution in [0.4, 0.5) is 14.9 Å². The van der Waals surface area contributed by atoms with E-state index in [4.69, 9.17) is 5.11 Å². The second-order valence-corrected chi connectivity index (χ2v) is 6.24. The molecule has 1 aromatic rings. The van der Waals surface area contributed by atoms with E-state index in [1.54, 1.807) is 13.8 Å². The van der Waals surface area contributed by atoms with Crippen LogP contribution in [-0.2, 0) is 4.79 Å².